The first-order valence-electron chi connectivity index (χ1n) is 8.99. The van der Waals surface area contributed by atoms with Gasteiger partial charge in [-0.05, 0) is 24.6 Å². The summed E-state index contributed by atoms with van der Waals surface area (Å²) in [6.45, 7) is 3.75. The minimum Gasteiger partial charge on any atom is -0.379 e. The second kappa shape index (κ2) is 9.51. The molecule has 1 atom stereocenters. The molecular weight excluding hydrogens is 398 g/mol. The molecule has 0 aliphatic carbocycles. The van der Waals surface area contributed by atoms with Crippen molar-refractivity contribution < 1.29 is 17.9 Å². The summed E-state index contributed by atoms with van der Waals surface area (Å²) in [5.74, 6) is -0.0966. The lowest BCUT2D eigenvalue weighted by Gasteiger charge is -2.25. The van der Waals surface area contributed by atoms with Gasteiger partial charge < -0.3 is 10.1 Å². The monoisotopic (exact) mass is 421 g/mol. The minimum absolute atomic E-state index is 0.0966. The molecule has 1 N–H and O–H groups in total. The molecule has 2 heterocycles. The van der Waals surface area contributed by atoms with Crippen LogP contribution in [0.3, 0.4) is 0 Å². The maximum Gasteiger partial charge on any atom is 0.244 e. The zero-order chi connectivity index (χ0) is 20.0. The highest BCUT2D eigenvalue weighted by Gasteiger charge is 2.26. The molecule has 1 saturated heterocycles. The van der Waals surface area contributed by atoms with Crippen LogP contribution in [0.1, 0.15) is 12.5 Å². The molecule has 3 rings (SSSR count). The number of hydrogen-bond acceptors (Lipinski definition) is 6. The number of nitrogens with zero attached hydrogens (tertiary/aromatic N) is 2. The van der Waals surface area contributed by atoms with Crippen LogP contribution in [0.4, 0.5) is 0 Å². The van der Waals surface area contributed by atoms with E-state index in [1.807, 2.05) is 30.3 Å². The van der Waals surface area contributed by atoms with Gasteiger partial charge in [0.25, 0.3) is 0 Å². The Morgan fingerprint density at radius 2 is 1.93 bits per heavy atom. The highest BCUT2D eigenvalue weighted by Crippen LogP contribution is 2.23. The number of morpholine rings is 1. The topological polar surface area (TPSA) is 88.6 Å². The Morgan fingerprint density at radius 3 is 2.57 bits per heavy atom. The first kappa shape index (κ1) is 20.8. The van der Waals surface area contributed by atoms with Gasteiger partial charge in [-0.1, -0.05) is 42.1 Å². The number of ether oxygens (including phenoxy) is 1. The summed E-state index contributed by atoms with van der Waals surface area (Å²) in [6, 6.07) is 12.9. The normalized spacial score (nSPS) is 16.5. The molecule has 2 aromatic rings. The molecule has 150 valence electrons. The third-order valence-electron chi connectivity index (χ3n) is 4.29. The zero-order valence-electron chi connectivity index (χ0n) is 15.6. The summed E-state index contributed by atoms with van der Waals surface area (Å²) in [4.78, 5) is 16.7. The van der Waals surface area contributed by atoms with Gasteiger partial charge in [-0.15, -0.1) is 0 Å². The lowest BCUT2D eigenvalue weighted by molar-refractivity contribution is -0.120. The molecule has 1 aromatic heterocycles. The number of carbonyl (C=O) groups excluding carboxylic acids is 1. The van der Waals surface area contributed by atoms with Gasteiger partial charge in [0.1, 0.15) is 4.90 Å². The van der Waals surface area contributed by atoms with Crippen molar-refractivity contribution in [1.29, 1.82) is 0 Å². The van der Waals surface area contributed by atoms with Crippen LogP contribution in [-0.4, -0.2) is 55.2 Å². The molecule has 1 fully saturated rings. The maximum absolute atomic E-state index is 12.6. The fourth-order valence-corrected chi connectivity index (χ4v) is 4.86. The SMILES string of the molecule is C[C@H](Sc1ccc(S(=O)(=O)N2CCOCC2)cn1)C(=O)NCc1ccccc1. The summed E-state index contributed by atoms with van der Waals surface area (Å²) in [6.07, 6.45) is 1.35. The second-order valence-corrected chi connectivity index (χ2v) is 9.61. The number of carbonyl (C=O) groups is 1. The van der Waals surface area contributed by atoms with Gasteiger partial charge in [-0.3, -0.25) is 4.79 Å². The Hall–Kier alpha value is -1.94. The quantitative estimate of drug-likeness (QED) is 0.687. The van der Waals surface area contributed by atoms with Crippen molar-refractivity contribution in [3.05, 3.63) is 54.2 Å². The third kappa shape index (κ3) is 5.32. The fourth-order valence-electron chi connectivity index (χ4n) is 2.69. The second-order valence-electron chi connectivity index (χ2n) is 6.31. The van der Waals surface area contributed by atoms with Crippen LogP contribution in [0.15, 0.2) is 58.6 Å². The average molecular weight is 422 g/mol. The van der Waals surface area contributed by atoms with Crippen LogP contribution in [0.25, 0.3) is 0 Å². The molecule has 0 bridgehead atoms. The van der Waals surface area contributed by atoms with Gasteiger partial charge >= 0.3 is 0 Å². The summed E-state index contributed by atoms with van der Waals surface area (Å²) in [7, 11) is -3.56. The molecule has 1 amide bonds. The van der Waals surface area contributed by atoms with E-state index in [-0.39, 0.29) is 16.1 Å². The van der Waals surface area contributed by atoms with Crippen molar-refractivity contribution in [3.8, 4) is 0 Å². The van der Waals surface area contributed by atoms with Crippen molar-refractivity contribution in [2.75, 3.05) is 26.3 Å². The van der Waals surface area contributed by atoms with Crippen LogP contribution < -0.4 is 5.32 Å². The van der Waals surface area contributed by atoms with Crippen LogP contribution in [-0.2, 0) is 26.1 Å². The number of amides is 1. The Kier molecular flexibility index (Phi) is 7.06. The molecule has 28 heavy (non-hydrogen) atoms. The van der Waals surface area contributed by atoms with Gasteiger partial charge in [0, 0.05) is 25.8 Å². The Labute approximate surface area is 169 Å². The standard InChI is InChI=1S/C19H23N3O4S2/c1-15(19(23)21-13-16-5-3-2-4-6-16)27-18-8-7-17(14-20-18)28(24,25)22-9-11-26-12-10-22/h2-8,14-15H,9-13H2,1H3,(H,21,23)/t15-/m0/s1. The van der Waals surface area contributed by atoms with Crippen molar-refractivity contribution in [2.45, 2.75) is 28.6 Å². The molecule has 0 spiro atoms. The smallest absolute Gasteiger partial charge is 0.244 e. The van der Waals surface area contributed by atoms with E-state index >= 15 is 0 Å². The first-order chi connectivity index (χ1) is 13.5. The number of sulfonamides is 1. The van der Waals surface area contributed by atoms with E-state index in [4.69, 9.17) is 4.74 Å². The van der Waals surface area contributed by atoms with Crippen LogP contribution in [0.5, 0.6) is 0 Å². The highest BCUT2D eigenvalue weighted by molar-refractivity contribution is 8.00. The van der Waals surface area contributed by atoms with E-state index < -0.39 is 10.0 Å². The van der Waals surface area contributed by atoms with Crippen LogP contribution in [0, 0.1) is 0 Å². The Balaban J connectivity index is 1.56. The van der Waals surface area contributed by atoms with Crippen molar-refractivity contribution in [2.24, 2.45) is 0 Å². The summed E-state index contributed by atoms with van der Waals surface area (Å²) in [5.41, 5.74) is 1.03. The number of hydrogen-bond donors (Lipinski definition) is 1. The summed E-state index contributed by atoms with van der Waals surface area (Å²) < 4.78 is 31.8. The number of pyridine rings is 1. The van der Waals surface area contributed by atoms with E-state index in [1.165, 1.54) is 28.3 Å². The minimum atomic E-state index is -3.56. The first-order valence-corrected chi connectivity index (χ1v) is 11.3. The van der Waals surface area contributed by atoms with Crippen molar-refractivity contribution >= 4 is 27.7 Å². The highest BCUT2D eigenvalue weighted by atomic mass is 32.2. The van der Waals surface area contributed by atoms with Gasteiger partial charge in [0.15, 0.2) is 0 Å². The molecule has 1 aliphatic heterocycles. The number of thioether (sulfide) groups is 1. The van der Waals surface area contributed by atoms with Crippen LogP contribution >= 0.6 is 11.8 Å². The number of aromatic nitrogens is 1. The van der Waals surface area contributed by atoms with Gasteiger partial charge in [0.2, 0.25) is 15.9 Å². The maximum atomic E-state index is 12.6. The van der Waals surface area contributed by atoms with E-state index in [9.17, 15) is 13.2 Å². The average Bonchev–Trinajstić information content (AvgIpc) is 2.73. The largest absolute Gasteiger partial charge is 0.379 e. The molecule has 0 saturated carbocycles. The molecular formula is C19H23N3O4S2. The van der Waals surface area contributed by atoms with E-state index in [1.54, 1.807) is 13.0 Å². The fraction of sp³-hybridized carbons (Fsp3) is 0.368. The van der Waals surface area contributed by atoms with Gasteiger partial charge in [0.05, 0.1) is 23.5 Å². The predicted octanol–water partition coefficient (Wildman–Crippen LogP) is 1.90. The Bertz CT molecular complexity index is 883. The molecule has 0 radical (unpaired) electrons. The Morgan fingerprint density at radius 1 is 1.21 bits per heavy atom. The molecule has 0 unspecified atom stereocenters. The number of rotatable bonds is 7. The van der Waals surface area contributed by atoms with Gasteiger partial charge in [-0.25, -0.2) is 13.4 Å². The predicted molar refractivity (Wildman–Crippen MR) is 107 cm³/mol. The van der Waals surface area contributed by atoms with Crippen LogP contribution in [0.2, 0.25) is 0 Å². The van der Waals surface area contributed by atoms with Gasteiger partial charge in [-0.2, -0.15) is 4.31 Å². The van der Waals surface area contributed by atoms with E-state index in [0.29, 0.717) is 37.9 Å². The number of benzene rings is 1. The zero-order valence-corrected chi connectivity index (χ0v) is 17.2. The molecule has 1 aliphatic rings. The third-order valence-corrected chi connectivity index (χ3v) is 7.23. The summed E-state index contributed by atoms with van der Waals surface area (Å²) >= 11 is 1.29. The lowest BCUT2D eigenvalue weighted by Crippen LogP contribution is -2.40. The van der Waals surface area contributed by atoms with E-state index in [2.05, 4.69) is 10.3 Å². The van der Waals surface area contributed by atoms with Crippen molar-refractivity contribution in [1.82, 2.24) is 14.6 Å². The molecule has 1 aromatic carbocycles. The molecule has 9 heteroatoms. The lowest BCUT2D eigenvalue weighted by atomic mass is 10.2. The number of nitrogens with one attached hydrogen (secondary N) is 1. The van der Waals surface area contributed by atoms with E-state index in [0.717, 1.165) is 5.56 Å². The molecule has 7 nitrogen and oxygen atoms in total. The van der Waals surface area contributed by atoms with Crippen molar-refractivity contribution in [3.63, 3.8) is 0 Å². The summed E-state index contributed by atoms with van der Waals surface area (Å²) in [5, 5.41) is 3.15.